The predicted octanol–water partition coefficient (Wildman–Crippen LogP) is 8.94. The molecule has 0 radical (unpaired) electrons. The van der Waals surface area contributed by atoms with Crippen LogP contribution in [0.1, 0.15) is 76.5 Å². The molecule has 0 N–H and O–H groups in total. The maximum atomic E-state index is 14.4. The number of hydrogen-bond donors (Lipinski definition) is 0. The summed E-state index contributed by atoms with van der Waals surface area (Å²) in [6.07, 6.45) is 5.70. The highest BCUT2D eigenvalue weighted by atomic mass is 35.5. The van der Waals surface area contributed by atoms with Crippen LogP contribution >= 0.6 is 35.0 Å². The highest BCUT2D eigenvalue weighted by Crippen LogP contribution is 2.54. The van der Waals surface area contributed by atoms with Gasteiger partial charge in [0.15, 0.2) is 0 Å². The van der Waals surface area contributed by atoms with Crippen LogP contribution in [0.3, 0.4) is 0 Å². The SMILES string of the molecule is C=CC[C@@]1(C)C[C@H](c2cccc(Cl)c2)[C@H](c2ccc(Cl)cc2)N([C@H](CSC(C)(C)C)C2CC2)C1=O. The van der Waals surface area contributed by atoms with Crippen LogP contribution in [0.15, 0.2) is 61.2 Å². The van der Waals surface area contributed by atoms with Crippen molar-refractivity contribution >= 4 is 40.9 Å². The molecule has 2 aliphatic rings. The standard InChI is InChI=1S/C30H37Cl2NOS/c1-6-16-30(5)18-25(22-8-7-9-24(32)17-22)27(21-12-14-23(31)15-13-21)33(28(30)34)26(20-10-11-20)19-35-29(2,3)4/h6-9,12-15,17,20,25-27H,1,10-11,16,18-19H2,2-5H3/t25-,26-,27+,30+/m1/s1. The lowest BCUT2D eigenvalue weighted by molar-refractivity contribution is -0.154. The van der Waals surface area contributed by atoms with Gasteiger partial charge in [0, 0.05) is 32.5 Å². The number of likely N-dealkylation sites (tertiary alicyclic amines) is 1. The second-order valence-electron chi connectivity index (χ2n) is 11.5. The Bertz CT molecular complexity index is 1060. The van der Waals surface area contributed by atoms with Crippen molar-refractivity contribution in [2.75, 3.05) is 5.75 Å². The third kappa shape index (κ3) is 6.12. The van der Waals surface area contributed by atoms with E-state index in [2.05, 4.69) is 63.4 Å². The topological polar surface area (TPSA) is 20.3 Å². The summed E-state index contributed by atoms with van der Waals surface area (Å²) in [7, 11) is 0. The predicted molar refractivity (Wildman–Crippen MR) is 151 cm³/mol. The summed E-state index contributed by atoms with van der Waals surface area (Å²) in [5.41, 5.74) is 1.82. The van der Waals surface area contributed by atoms with Crippen LogP contribution in [-0.2, 0) is 4.79 Å². The summed E-state index contributed by atoms with van der Waals surface area (Å²) in [6, 6.07) is 16.4. The number of piperidine rings is 1. The Morgan fingerprint density at radius 3 is 2.37 bits per heavy atom. The van der Waals surface area contributed by atoms with Crippen molar-refractivity contribution in [1.82, 2.24) is 4.90 Å². The smallest absolute Gasteiger partial charge is 0.229 e. The highest BCUT2D eigenvalue weighted by molar-refractivity contribution is 8.00. The molecular weight excluding hydrogens is 493 g/mol. The summed E-state index contributed by atoms with van der Waals surface area (Å²) in [5, 5.41) is 1.44. The van der Waals surface area contributed by atoms with E-state index in [1.165, 1.54) is 18.4 Å². The minimum absolute atomic E-state index is 0.0673. The molecule has 2 nitrogen and oxygen atoms in total. The maximum absolute atomic E-state index is 14.4. The van der Waals surface area contributed by atoms with Crippen LogP contribution in [0, 0.1) is 11.3 Å². The van der Waals surface area contributed by atoms with Gasteiger partial charge in [0.1, 0.15) is 0 Å². The summed E-state index contributed by atoms with van der Waals surface area (Å²) in [5.74, 6) is 1.87. The second kappa shape index (κ2) is 10.5. The van der Waals surface area contributed by atoms with Gasteiger partial charge in [-0.1, -0.05) is 81.2 Å². The van der Waals surface area contributed by atoms with E-state index in [0.717, 1.165) is 22.8 Å². The molecule has 35 heavy (non-hydrogen) atoms. The number of halogens is 2. The molecular formula is C30H37Cl2NOS. The largest absolute Gasteiger partial charge is 0.330 e. The molecule has 0 aromatic heterocycles. The molecule has 2 aromatic rings. The van der Waals surface area contributed by atoms with Gasteiger partial charge in [-0.3, -0.25) is 4.79 Å². The minimum atomic E-state index is -0.503. The number of nitrogens with zero attached hydrogens (tertiary/aromatic N) is 1. The highest BCUT2D eigenvalue weighted by Gasteiger charge is 2.53. The first kappa shape index (κ1) is 26.6. The van der Waals surface area contributed by atoms with Gasteiger partial charge in [0.2, 0.25) is 5.91 Å². The Kier molecular flexibility index (Phi) is 8.01. The van der Waals surface area contributed by atoms with E-state index < -0.39 is 5.41 Å². The number of amides is 1. The normalized spacial score (nSPS) is 26.0. The molecule has 1 aliphatic carbocycles. The Morgan fingerprint density at radius 2 is 1.80 bits per heavy atom. The summed E-state index contributed by atoms with van der Waals surface area (Å²) < 4.78 is 0.137. The number of allylic oxidation sites excluding steroid dienone is 1. The third-order valence-electron chi connectivity index (χ3n) is 7.40. The van der Waals surface area contributed by atoms with Gasteiger partial charge in [0.25, 0.3) is 0 Å². The van der Waals surface area contributed by atoms with Gasteiger partial charge in [-0.2, -0.15) is 11.8 Å². The molecule has 188 valence electrons. The summed E-state index contributed by atoms with van der Waals surface area (Å²) in [4.78, 5) is 16.7. The van der Waals surface area contributed by atoms with Crippen LogP contribution < -0.4 is 0 Å². The molecule has 4 rings (SSSR count). The van der Waals surface area contributed by atoms with Crippen LogP contribution in [0.25, 0.3) is 0 Å². The molecule has 0 unspecified atom stereocenters. The fourth-order valence-corrected chi connectivity index (χ4v) is 6.94. The number of carbonyl (C=O) groups excluding carboxylic acids is 1. The molecule has 4 atom stereocenters. The molecule has 1 aliphatic heterocycles. The zero-order valence-corrected chi connectivity index (χ0v) is 23.6. The lowest BCUT2D eigenvalue weighted by Crippen LogP contribution is -2.57. The molecule has 0 spiro atoms. The maximum Gasteiger partial charge on any atom is 0.229 e. The van der Waals surface area contributed by atoms with E-state index in [1.54, 1.807) is 0 Å². The molecule has 2 aromatic carbocycles. The average molecular weight is 531 g/mol. The lowest BCUT2D eigenvalue weighted by atomic mass is 9.67. The van der Waals surface area contributed by atoms with E-state index in [1.807, 2.05) is 42.1 Å². The van der Waals surface area contributed by atoms with Crippen molar-refractivity contribution in [2.24, 2.45) is 11.3 Å². The van der Waals surface area contributed by atoms with Crippen molar-refractivity contribution < 1.29 is 4.79 Å². The minimum Gasteiger partial charge on any atom is -0.330 e. The first-order valence-electron chi connectivity index (χ1n) is 12.6. The monoisotopic (exact) mass is 529 g/mol. The van der Waals surface area contributed by atoms with Crippen molar-refractivity contribution in [3.63, 3.8) is 0 Å². The first-order valence-corrected chi connectivity index (χ1v) is 14.3. The zero-order chi connectivity index (χ0) is 25.4. The Labute approximate surface area is 225 Å². The molecule has 5 heteroatoms. The number of rotatable bonds is 8. The first-order chi connectivity index (χ1) is 16.5. The van der Waals surface area contributed by atoms with Crippen LogP contribution in [0.4, 0.5) is 0 Å². The van der Waals surface area contributed by atoms with Gasteiger partial charge < -0.3 is 4.90 Å². The lowest BCUT2D eigenvalue weighted by Gasteiger charge is -2.52. The van der Waals surface area contributed by atoms with Gasteiger partial charge in [-0.25, -0.2) is 0 Å². The van der Waals surface area contributed by atoms with Crippen molar-refractivity contribution in [1.29, 1.82) is 0 Å². The number of benzene rings is 2. The van der Waals surface area contributed by atoms with E-state index >= 15 is 0 Å². The van der Waals surface area contributed by atoms with E-state index in [0.29, 0.717) is 17.4 Å². The molecule has 1 saturated carbocycles. The number of carbonyl (C=O) groups is 1. The number of hydrogen-bond acceptors (Lipinski definition) is 2. The van der Waals surface area contributed by atoms with Crippen molar-refractivity contribution in [2.45, 2.75) is 76.1 Å². The van der Waals surface area contributed by atoms with Crippen molar-refractivity contribution in [3.05, 3.63) is 82.4 Å². The Morgan fingerprint density at radius 1 is 1.11 bits per heavy atom. The summed E-state index contributed by atoms with van der Waals surface area (Å²) in [6.45, 7) is 12.9. The molecule has 1 saturated heterocycles. The van der Waals surface area contributed by atoms with E-state index in [-0.39, 0.29) is 28.7 Å². The Hall–Kier alpha value is -1.42. The quantitative estimate of drug-likeness (QED) is 0.318. The fourth-order valence-electron chi connectivity index (χ4n) is 5.51. The molecule has 1 heterocycles. The van der Waals surface area contributed by atoms with Crippen LogP contribution in [0.5, 0.6) is 0 Å². The van der Waals surface area contributed by atoms with Gasteiger partial charge in [0.05, 0.1) is 11.5 Å². The van der Waals surface area contributed by atoms with Crippen LogP contribution in [-0.4, -0.2) is 27.3 Å². The van der Waals surface area contributed by atoms with Gasteiger partial charge in [-0.15, -0.1) is 6.58 Å². The van der Waals surface area contributed by atoms with Gasteiger partial charge >= 0.3 is 0 Å². The summed E-state index contributed by atoms with van der Waals surface area (Å²) >= 11 is 14.7. The zero-order valence-electron chi connectivity index (χ0n) is 21.3. The molecule has 0 bridgehead atoms. The third-order valence-corrected chi connectivity index (χ3v) is 9.26. The van der Waals surface area contributed by atoms with Gasteiger partial charge in [-0.05, 0) is 67.0 Å². The fraction of sp³-hybridized carbons (Fsp3) is 0.500. The van der Waals surface area contributed by atoms with E-state index in [4.69, 9.17) is 23.2 Å². The molecule has 2 fully saturated rings. The van der Waals surface area contributed by atoms with E-state index in [9.17, 15) is 4.79 Å². The average Bonchev–Trinajstić information content (AvgIpc) is 3.62. The van der Waals surface area contributed by atoms with Crippen molar-refractivity contribution in [3.8, 4) is 0 Å². The number of thioether (sulfide) groups is 1. The Balaban J connectivity index is 1.87. The molecule has 1 amide bonds. The second-order valence-corrected chi connectivity index (χ2v) is 14.2. The van der Waals surface area contributed by atoms with Crippen LogP contribution in [0.2, 0.25) is 10.0 Å².